The summed E-state index contributed by atoms with van der Waals surface area (Å²) < 4.78 is 29.8. The molecule has 0 aromatic carbocycles. The molecule has 4 aliphatic rings. The first-order valence-corrected chi connectivity index (χ1v) is 14.1. The van der Waals surface area contributed by atoms with E-state index in [4.69, 9.17) is 23.7 Å². The zero-order chi connectivity index (χ0) is 25.3. The molecule has 0 heterocycles. The Balaban J connectivity index is 1.48. The standard InChI is InChI=1S/C29H49NO5/c1-7-33-21(3)35-29(18-30)15-12-26-25-9-8-22-16-28(19-32-6,34-20(2)17-31-5)14-11-23(22)24(25)10-13-27(26,29)4/h20-26H,7-17,19H2,1-6H3/t20?,21?,22-,23+,24-,25-,26+,27+,28-,29?/m1/s1. The van der Waals surface area contributed by atoms with E-state index in [9.17, 15) is 5.26 Å². The second-order valence-electron chi connectivity index (χ2n) is 12.3. The Hall–Kier alpha value is -0.710. The molecule has 0 N–H and O–H groups in total. The van der Waals surface area contributed by atoms with Gasteiger partial charge in [0.2, 0.25) is 0 Å². The van der Waals surface area contributed by atoms with Gasteiger partial charge in [-0.05, 0) is 108 Å². The average molecular weight is 492 g/mol. The number of ether oxygens (including phenoxy) is 5. The number of rotatable bonds is 10. The van der Waals surface area contributed by atoms with Crippen LogP contribution in [0.25, 0.3) is 0 Å². The van der Waals surface area contributed by atoms with Gasteiger partial charge in [-0.25, -0.2) is 0 Å². The molecule has 0 saturated heterocycles. The van der Waals surface area contributed by atoms with Crippen LogP contribution < -0.4 is 0 Å². The SMILES string of the molecule is CCOC(C)OC1(C#N)CC[C@H]2[C@@H]3CC[C@@H]4C[C@](COC)(OC(C)COC)CC[C@@H]4[C@H]3CC[C@@]21C. The maximum absolute atomic E-state index is 10.4. The van der Waals surface area contributed by atoms with E-state index in [1.807, 2.05) is 13.8 Å². The van der Waals surface area contributed by atoms with Crippen molar-refractivity contribution in [2.24, 2.45) is 35.0 Å². The summed E-state index contributed by atoms with van der Waals surface area (Å²) in [4.78, 5) is 0. The van der Waals surface area contributed by atoms with Crippen LogP contribution in [0, 0.1) is 46.3 Å². The topological polar surface area (TPSA) is 69.9 Å². The second-order valence-corrected chi connectivity index (χ2v) is 12.3. The summed E-state index contributed by atoms with van der Waals surface area (Å²) in [6.07, 6.45) is 9.90. The third-order valence-electron chi connectivity index (χ3n) is 10.4. The molecule has 4 rings (SSSR count). The summed E-state index contributed by atoms with van der Waals surface area (Å²) in [5.74, 6) is 3.52. The fraction of sp³-hybridized carbons (Fsp3) is 0.966. The Labute approximate surface area is 213 Å². The van der Waals surface area contributed by atoms with Gasteiger partial charge < -0.3 is 23.7 Å². The Morgan fingerprint density at radius 3 is 2.37 bits per heavy atom. The molecule has 0 amide bonds. The largest absolute Gasteiger partial charge is 0.382 e. The highest BCUT2D eigenvalue weighted by atomic mass is 16.7. The van der Waals surface area contributed by atoms with Crippen LogP contribution in [0.4, 0.5) is 0 Å². The molecule has 3 unspecified atom stereocenters. The van der Waals surface area contributed by atoms with E-state index >= 15 is 0 Å². The van der Waals surface area contributed by atoms with Gasteiger partial charge in [0.05, 0.1) is 31.0 Å². The molecule has 35 heavy (non-hydrogen) atoms. The van der Waals surface area contributed by atoms with Crippen LogP contribution in [0.3, 0.4) is 0 Å². The summed E-state index contributed by atoms with van der Waals surface area (Å²) in [7, 11) is 3.54. The van der Waals surface area contributed by atoms with Gasteiger partial charge in [-0.2, -0.15) is 5.26 Å². The van der Waals surface area contributed by atoms with Crippen molar-refractivity contribution in [2.75, 3.05) is 34.0 Å². The molecule has 4 saturated carbocycles. The zero-order valence-electron chi connectivity index (χ0n) is 23.0. The molecule has 0 spiro atoms. The van der Waals surface area contributed by atoms with Crippen molar-refractivity contribution >= 4 is 0 Å². The Morgan fingerprint density at radius 2 is 1.69 bits per heavy atom. The van der Waals surface area contributed by atoms with Crippen molar-refractivity contribution in [2.45, 2.75) is 109 Å². The van der Waals surface area contributed by atoms with E-state index in [2.05, 4.69) is 19.9 Å². The van der Waals surface area contributed by atoms with Gasteiger partial charge in [0.15, 0.2) is 11.9 Å². The van der Waals surface area contributed by atoms with Crippen LogP contribution in [0.2, 0.25) is 0 Å². The van der Waals surface area contributed by atoms with E-state index in [0.29, 0.717) is 37.6 Å². The quantitative estimate of drug-likeness (QED) is 0.363. The lowest BCUT2D eigenvalue weighted by molar-refractivity contribution is -0.225. The van der Waals surface area contributed by atoms with Crippen molar-refractivity contribution in [3.63, 3.8) is 0 Å². The van der Waals surface area contributed by atoms with Crippen LogP contribution in [-0.4, -0.2) is 57.6 Å². The Morgan fingerprint density at radius 1 is 0.914 bits per heavy atom. The van der Waals surface area contributed by atoms with Crippen LogP contribution in [0.5, 0.6) is 0 Å². The first-order chi connectivity index (χ1) is 16.8. The highest BCUT2D eigenvalue weighted by Gasteiger charge is 2.65. The van der Waals surface area contributed by atoms with Crippen LogP contribution in [0.15, 0.2) is 0 Å². The minimum atomic E-state index is -0.723. The Kier molecular flexibility index (Phi) is 8.55. The van der Waals surface area contributed by atoms with Crippen LogP contribution >= 0.6 is 0 Å². The maximum Gasteiger partial charge on any atom is 0.162 e. The molecule has 0 aromatic rings. The number of nitriles is 1. The van der Waals surface area contributed by atoms with Gasteiger partial charge in [0, 0.05) is 26.2 Å². The number of nitrogens with zero attached hydrogens (tertiary/aromatic N) is 1. The average Bonchev–Trinajstić information content (AvgIpc) is 3.11. The predicted octanol–water partition coefficient (Wildman–Crippen LogP) is 5.74. The highest BCUT2D eigenvalue weighted by Crippen LogP contribution is 2.66. The van der Waals surface area contributed by atoms with Crippen molar-refractivity contribution in [1.82, 2.24) is 0 Å². The summed E-state index contributed by atoms with van der Waals surface area (Å²) in [6.45, 7) is 10.3. The third-order valence-corrected chi connectivity index (χ3v) is 10.4. The molecular weight excluding hydrogens is 442 g/mol. The molecule has 4 fully saturated rings. The number of hydrogen-bond acceptors (Lipinski definition) is 6. The van der Waals surface area contributed by atoms with Crippen molar-refractivity contribution in [3.05, 3.63) is 0 Å². The summed E-state index contributed by atoms with van der Waals surface area (Å²) in [6, 6.07) is 2.67. The molecule has 0 bridgehead atoms. The molecule has 4 aliphatic carbocycles. The van der Waals surface area contributed by atoms with Gasteiger partial charge in [0.1, 0.15) is 0 Å². The first-order valence-electron chi connectivity index (χ1n) is 14.1. The molecule has 0 aromatic heterocycles. The predicted molar refractivity (Wildman–Crippen MR) is 135 cm³/mol. The zero-order valence-corrected chi connectivity index (χ0v) is 23.0. The third kappa shape index (κ3) is 4.93. The van der Waals surface area contributed by atoms with Gasteiger partial charge in [-0.15, -0.1) is 0 Å². The van der Waals surface area contributed by atoms with Gasteiger partial charge in [-0.3, -0.25) is 0 Å². The molecule has 0 radical (unpaired) electrons. The van der Waals surface area contributed by atoms with Crippen molar-refractivity contribution in [3.8, 4) is 6.07 Å². The lowest BCUT2D eigenvalue weighted by Crippen LogP contribution is -2.56. The molecular formula is C29H49NO5. The molecule has 6 heteroatoms. The van der Waals surface area contributed by atoms with Gasteiger partial charge in [0.25, 0.3) is 0 Å². The van der Waals surface area contributed by atoms with E-state index in [0.717, 1.165) is 43.9 Å². The second kappa shape index (κ2) is 11.0. The Bertz CT molecular complexity index is 756. The van der Waals surface area contributed by atoms with Crippen LogP contribution in [-0.2, 0) is 23.7 Å². The minimum absolute atomic E-state index is 0.0788. The summed E-state index contributed by atoms with van der Waals surface area (Å²) >= 11 is 0. The first kappa shape index (κ1) is 27.3. The van der Waals surface area contributed by atoms with E-state index in [1.54, 1.807) is 14.2 Å². The number of fused-ring (bicyclic) bond motifs is 5. The summed E-state index contributed by atoms with van der Waals surface area (Å²) in [5.41, 5.74) is -0.996. The molecule has 10 atom stereocenters. The normalized spacial score (nSPS) is 44.5. The number of methoxy groups -OCH3 is 2. The highest BCUT2D eigenvalue weighted by molar-refractivity contribution is 5.21. The monoisotopic (exact) mass is 491 g/mol. The molecule has 6 nitrogen and oxygen atoms in total. The lowest BCUT2D eigenvalue weighted by Gasteiger charge is -2.58. The van der Waals surface area contributed by atoms with E-state index in [1.165, 1.54) is 25.7 Å². The lowest BCUT2D eigenvalue weighted by atomic mass is 9.48. The molecule has 0 aliphatic heterocycles. The fourth-order valence-electron chi connectivity index (χ4n) is 9.13. The van der Waals surface area contributed by atoms with Crippen molar-refractivity contribution in [1.29, 1.82) is 5.26 Å². The smallest absolute Gasteiger partial charge is 0.162 e. The molecule has 200 valence electrons. The van der Waals surface area contributed by atoms with Gasteiger partial charge >= 0.3 is 0 Å². The van der Waals surface area contributed by atoms with Gasteiger partial charge in [-0.1, -0.05) is 6.92 Å². The van der Waals surface area contributed by atoms with E-state index in [-0.39, 0.29) is 23.4 Å². The minimum Gasteiger partial charge on any atom is -0.382 e. The number of hydrogen-bond donors (Lipinski definition) is 0. The maximum atomic E-state index is 10.4. The fourth-order valence-corrected chi connectivity index (χ4v) is 9.13. The van der Waals surface area contributed by atoms with Crippen molar-refractivity contribution < 1.29 is 23.7 Å². The van der Waals surface area contributed by atoms with E-state index < -0.39 is 5.60 Å². The summed E-state index contributed by atoms with van der Waals surface area (Å²) in [5, 5.41) is 10.4. The van der Waals surface area contributed by atoms with Crippen LogP contribution in [0.1, 0.15) is 85.5 Å².